The predicted octanol–water partition coefficient (Wildman–Crippen LogP) is 2.10. The predicted molar refractivity (Wildman–Crippen MR) is 73.5 cm³/mol. The summed E-state index contributed by atoms with van der Waals surface area (Å²) in [4.78, 5) is 15.1. The van der Waals surface area contributed by atoms with E-state index < -0.39 is 0 Å². The van der Waals surface area contributed by atoms with E-state index in [4.69, 9.17) is 5.73 Å². The Kier molecular flexibility index (Phi) is 3.99. The Hall–Kier alpha value is -1.71. The Bertz CT molecular complexity index is 415. The summed E-state index contributed by atoms with van der Waals surface area (Å²) >= 11 is 0. The van der Waals surface area contributed by atoms with Crippen molar-refractivity contribution in [2.75, 3.05) is 29.6 Å². The summed E-state index contributed by atoms with van der Waals surface area (Å²) in [5.41, 5.74) is 8.31. The molecule has 0 aliphatic heterocycles. The Balaban J connectivity index is 3.15. The molecular weight excluding hydrogens is 214 g/mol. The highest BCUT2D eigenvalue weighted by Gasteiger charge is 2.12. The molecule has 1 amide bonds. The fraction of sp³-hybridized carbons (Fsp3) is 0.462. The lowest BCUT2D eigenvalue weighted by Gasteiger charge is -2.26. The number of hydrogen-bond donors (Lipinski definition) is 1. The van der Waals surface area contributed by atoms with Crippen LogP contribution in [0.3, 0.4) is 0 Å². The molecule has 0 heterocycles. The van der Waals surface area contributed by atoms with Gasteiger partial charge in [-0.05, 0) is 32.0 Å². The van der Waals surface area contributed by atoms with E-state index in [0.29, 0.717) is 11.7 Å². The molecular formula is C13H21N3O. The van der Waals surface area contributed by atoms with E-state index in [0.717, 1.165) is 11.4 Å². The molecule has 0 saturated carbocycles. The van der Waals surface area contributed by atoms with Gasteiger partial charge in [0.1, 0.15) is 0 Å². The first-order valence-corrected chi connectivity index (χ1v) is 5.71. The SMILES string of the molecule is CC(=O)N(C)c1cc(N(C)C(C)C)ccc1N. The van der Waals surface area contributed by atoms with Crippen molar-refractivity contribution in [2.45, 2.75) is 26.8 Å². The van der Waals surface area contributed by atoms with Crippen molar-refractivity contribution in [3.8, 4) is 0 Å². The third kappa shape index (κ3) is 2.90. The minimum Gasteiger partial charge on any atom is -0.397 e. The van der Waals surface area contributed by atoms with Gasteiger partial charge in [0.05, 0.1) is 11.4 Å². The molecule has 2 N–H and O–H groups in total. The standard InChI is InChI=1S/C13H21N3O/c1-9(2)15(4)11-6-7-12(14)13(8-11)16(5)10(3)17/h6-9H,14H2,1-5H3. The zero-order chi connectivity index (χ0) is 13.2. The molecule has 4 heteroatoms. The molecule has 17 heavy (non-hydrogen) atoms. The molecule has 4 nitrogen and oxygen atoms in total. The maximum atomic E-state index is 11.4. The molecule has 94 valence electrons. The molecule has 0 saturated heterocycles. The molecule has 0 atom stereocenters. The van der Waals surface area contributed by atoms with Crippen LogP contribution in [0.15, 0.2) is 18.2 Å². The van der Waals surface area contributed by atoms with Gasteiger partial charge in [-0.15, -0.1) is 0 Å². The van der Waals surface area contributed by atoms with Crippen LogP contribution in [0.4, 0.5) is 17.1 Å². The van der Waals surface area contributed by atoms with Crippen molar-refractivity contribution in [1.82, 2.24) is 0 Å². The number of anilines is 3. The highest BCUT2D eigenvalue weighted by Crippen LogP contribution is 2.28. The lowest BCUT2D eigenvalue weighted by molar-refractivity contribution is -0.116. The smallest absolute Gasteiger partial charge is 0.223 e. The fourth-order valence-electron chi connectivity index (χ4n) is 1.51. The monoisotopic (exact) mass is 235 g/mol. The number of carbonyl (C=O) groups excluding carboxylic acids is 1. The van der Waals surface area contributed by atoms with Gasteiger partial charge in [0.25, 0.3) is 0 Å². The summed E-state index contributed by atoms with van der Waals surface area (Å²) in [5.74, 6) is -0.0268. The van der Waals surface area contributed by atoms with E-state index in [1.165, 1.54) is 6.92 Å². The lowest BCUT2D eigenvalue weighted by Crippen LogP contribution is -2.27. The second-order valence-electron chi connectivity index (χ2n) is 4.53. The average molecular weight is 235 g/mol. The van der Waals surface area contributed by atoms with Crippen molar-refractivity contribution < 1.29 is 4.79 Å². The van der Waals surface area contributed by atoms with Crippen LogP contribution in [0, 0.1) is 0 Å². The van der Waals surface area contributed by atoms with E-state index in [-0.39, 0.29) is 5.91 Å². The van der Waals surface area contributed by atoms with Gasteiger partial charge in [-0.3, -0.25) is 4.79 Å². The van der Waals surface area contributed by atoms with Crippen molar-refractivity contribution in [2.24, 2.45) is 0 Å². The molecule has 0 fully saturated rings. The zero-order valence-electron chi connectivity index (χ0n) is 11.2. The molecule has 0 radical (unpaired) electrons. The van der Waals surface area contributed by atoms with Crippen molar-refractivity contribution in [3.05, 3.63) is 18.2 Å². The average Bonchev–Trinajstić information content (AvgIpc) is 2.27. The second kappa shape index (κ2) is 5.08. The summed E-state index contributed by atoms with van der Waals surface area (Å²) < 4.78 is 0. The van der Waals surface area contributed by atoms with Gasteiger partial charge in [-0.2, -0.15) is 0 Å². The van der Waals surface area contributed by atoms with Crippen LogP contribution in [0.1, 0.15) is 20.8 Å². The first-order valence-electron chi connectivity index (χ1n) is 5.71. The van der Waals surface area contributed by atoms with Gasteiger partial charge in [-0.25, -0.2) is 0 Å². The Morgan fingerprint density at radius 3 is 2.35 bits per heavy atom. The van der Waals surface area contributed by atoms with Crippen LogP contribution in [-0.2, 0) is 4.79 Å². The number of nitrogens with two attached hydrogens (primary N) is 1. The summed E-state index contributed by atoms with van der Waals surface area (Å²) in [6.07, 6.45) is 0. The van der Waals surface area contributed by atoms with Gasteiger partial charge in [0, 0.05) is 32.7 Å². The third-order valence-electron chi connectivity index (χ3n) is 3.03. The van der Waals surface area contributed by atoms with Gasteiger partial charge >= 0.3 is 0 Å². The Labute approximate surface area is 103 Å². The Morgan fingerprint density at radius 1 is 1.29 bits per heavy atom. The lowest BCUT2D eigenvalue weighted by atomic mass is 10.2. The fourth-order valence-corrected chi connectivity index (χ4v) is 1.51. The van der Waals surface area contributed by atoms with Gasteiger partial charge in [0.2, 0.25) is 5.91 Å². The van der Waals surface area contributed by atoms with Crippen LogP contribution in [0.25, 0.3) is 0 Å². The van der Waals surface area contributed by atoms with Crippen molar-refractivity contribution in [1.29, 1.82) is 0 Å². The topological polar surface area (TPSA) is 49.6 Å². The molecule has 0 aliphatic carbocycles. The molecule has 1 aromatic rings. The largest absolute Gasteiger partial charge is 0.397 e. The van der Waals surface area contributed by atoms with E-state index in [1.807, 2.05) is 25.2 Å². The van der Waals surface area contributed by atoms with Crippen LogP contribution in [-0.4, -0.2) is 26.0 Å². The van der Waals surface area contributed by atoms with Crippen LogP contribution in [0.2, 0.25) is 0 Å². The number of hydrogen-bond acceptors (Lipinski definition) is 3. The molecule has 0 aromatic heterocycles. The maximum Gasteiger partial charge on any atom is 0.223 e. The number of carbonyl (C=O) groups is 1. The molecule has 0 unspecified atom stereocenters. The van der Waals surface area contributed by atoms with Crippen molar-refractivity contribution in [3.63, 3.8) is 0 Å². The first-order chi connectivity index (χ1) is 7.84. The van der Waals surface area contributed by atoms with E-state index in [2.05, 4.69) is 18.7 Å². The van der Waals surface area contributed by atoms with Gasteiger partial charge in [-0.1, -0.05) is 0 Å². The first kappa shape index (κ1) is 13.4. The summed E-state index contributed by atoms with van der Waals surface area (Å²) in [6, 6.07) is 6.14. The quantitative estimate of drug-likeness (QED) is 0.816. The van der Waals surface area contributed by atoms with Crippen LogP contribution < -0.4 is 15.5 Å². The van der Waals surface area contributed by atoms with Gasteiger partial charge in [0.15, 0.2) is 0 Å². The molecule has 0 aliphatic rings. The molecule has 0 bridgehead atoms. The van der Waals surface area contributed by atoms with E-state index in [9.17, 15) is 4.79 Å². The summed E-state index contributed by atoms with van der Waals surface area (Å²) in [5, 5.41) is 0. The second-order valence-corrected chi connectivity index (χ2v) is 4.53. The van der Waals surface area contributed by atoms with E-state index in [1.54, 1.807) is 11.9 Å². The van der Waals surface area contributed by atoms with Gasteiger partial charge < -0.3 is 15.5 Å². The molecule has 1 aromatic carbocycles. The summed E-state index contributed by atoms with van der Waals surface area (Å²) in [6.45, 7) is 5.76. The minimum atomic E-state index is -0.0268. The number of nitrogen functional groups attached to an aromatic ring is 1. The maximum absolute atomic E-state index is 11.4. The Morgan fingerprint density at radius 2 is 1.88 bits per heavy atom. The number of rotatable bonds is 3. The summed E-state index contributed by atoms with van der Waals surface area (Å²) in [7, 11) is 3.75. The van der Waals surface area contributed by atoms with Crippen LogP contribution >= 0.6 is 0 Å². The minimum absolute atomic E-state index is 0.0268. The molecule has 1 rings (SSSR count). The molecule has 0 spiro atoms. The number of nitrogens with zero attached hydrogens (tertiary/aromatic N) is 2. The third-order valence-corrected chi connectivity index (χ3v) is 3.03. The van der Waals surface area contributed by atoms with Crippen molar-refractivity contribution >= 4 is 23.0 Å². The zero-order valence-corrected chi connectivity index (χ0v) is 11.2. The highest BCUT2D eigenvalue weighted by molar-refractivity contribution is 5.95. The normalized spacial score (nSPS) is 10.5. The van der Waals surface area contributed by atoms with Crippen LogP contribution in [0.5, 0.6) is 0 Å². The number of benzene rings is 1. The van der Waals surface area contributed by atoms with E-state index >= 15 is 0 Å². The highest BCUT2D eigenvalue weighted by atomic mass is 16.2. The number of amides is 1.